The van der Waals surface area contributed by atoms with Gasteiger partial charge in [0, 0.05) is 0 Å². The van der Waals surface area contributed by atoms with Crippen molar-refractivity contribution in [3.05, 3.63) is 0 Å². The Bertz CT molecular complexity index is 114. The van der Waals surface area contributed by atoms with Gasteiger partial charge in [-0.2, -0.15) is 0 Å². The normalized spacial score (nSPS) is 20.8. The van der Waals surface area contributed by atoms with Gasteiger partial charge in [-0.25, -0.2) is 9.90 Å². The maximum Gasteiger partial charge on any atom is 0.355 e. The van der Waals surface area contributed by atoms with Gasteiger partial charge in [-0.1, -0.05) is 19.3 Å². The van der Waals surface area contributed by atoms with Crippen LogP contribution >= 0.6 is 0 Å². The summed E-state index contributed by atoms with van der Waals surface area (Å²) in [6.07, 6.45) is 6.15. The smallest absolute Gasteiger partial charge is 0.247 e. The maximum atomic E-state index is 10.2. The largest absolute Gasteiger partial charge is 0.355 e. The van der Waals surface area contributed by atoms with E-state index in [4.69, 9.17) is 0 Å². The third-order valence-electron chi connectivity index (χ3n) is 2.18. The van der Waals surface area contributed by atoms with Crippen LogP contribution in [0.4, 0.5) is 0 Å². The van der Waals surface area contributed by atoms with Crippen LogP contribution in [0.3, 0.4) is 0 Å². The fourth-order valence-electron chi connectivity index (χ4n) is 1.63. The minimum Gasteiger partial charge on any atom is -0.247 e. The molecule has 2 heteroatoms. The van der Waals surface area contributed by atoms with Crippen LogP contribution in [0.5, 0.6) is 0 Å². The molecule has 0 heterocycles. The van der Waals surface area contributed by atoms with Gasteiger partial charge in [0.2, 0.25) is 0 Å². The van der Waals surface area contributed by atoms with Gasteiger partial charge >= 0.3 is 5.97 Å². The topological polar surface area (TPSA) is 37.0 Å². The predicted octanol–water partition coefficient (Wildman–Crippen LogP) is 1.91. The highest BCUT2D eigenvalue weighted by atomic mass is 16.4. The van der Waals surface area contributed by atoms with Crippen molar-refractivity contribution in [3.63, 3.8) is 0 Å². The lowest BCUT2D eigenvalue weighted by atomic mass is 9.87. The van der Waals surface area contributed by atoms with Crippen molar-refractivity contribution in [2.24, 2.45) is 5.92 Å². The third-order valence-corrected chi connectivity index (χ3v) is 2.18. The summed E-state index contributed by atoms with van der Waals surface area (Å²) in [5.41, 5.74) is 0. The number of carbonyl (C=O) groups is 1. The summed E-state index contributed by atoms with van der Waals surface area (Å²) >= 11 is 0. The first-order valence-corrected chi connectivity index (χ1v) is 3.99. The van der Waals surface area contributed by atoms with E-state index in [0.29, 0.717) is 5.92 Å². The molecule has 1 fully saturated rings. The fourth-order valence-corrected chi connectivity index (χ4v) is 1.63. The van der Waals surface area contributed by atoms with Crippen molar-refractivity contribution >= 4 is 5.97 Å². The van der Waals surface area contributed by atoms with E-state index in [9.17, 15) is 9.90 Å². The summed E-state index contributed by atoms with van der Waals surface area (Å²) in [6.45, 7) is 0. The van der Waals surface area contributed by atoms with Crippen LogP contribution in [0, 0.1) is 5.92 Å². The zero-order chi connectivity index (χ0) is 7.40. The second-order valence-corrected chi connectivity index (χ2v) is 3.08. The molecule has 10 heavy (non-hydrogen) atoms. The van der Waals surface area contributed by atoms with Gasteiger partial charge in [-0.05, 0) is 18.8 Å². The molecule has 0 aromatic carbocycles. The van der Waals surface area contributed by atoms with E-state index >= 15 is 0 Å². The standard InChI is InChI=1S/C8H13O2/c9-8(10)6-7-4-2-1-3-5-7/h7H,1-6H2. The number of rotatable bonds is 2. The Balaban J connectivity index is 2.19. The average molecular weight is 141 g/mol. The van der Waals surface area contributed by atoms with Gasteiger partial charge in [-0.3, -0.25) is 0 Å². The zero-order valence-electron chi connectivity index (χ0n) is 6.14. The molecule has 1 rings (SSSR count). The molecule has 2 nitrogen and oxygen atoms in total. The van der Waals surface area contributed by atoms with Crippen molar-refractivity contribution in [3.8, 4) is 0 Å². The summed E-state index contributed by atoms with van der Waals surface area (Å²) in [4.78, 5) is 10.2. The van der Waals surface area contributed by atoms with Gasteiger partial charge in [0.15, 0.2) is 0 Å². The summed E-state index contributed by atoms with van der Waals surface area (Å²) < 4.78 is 0. The van der Waals surface area contributed by atoms with Crippen molar-refractivity contribution in [2.45, 2.75) is 38.5 Å². The SMILES string of the molecule is [O]C(=O)CC1CCCCC1. The van der Waals surface area contributed by atoms with Crippen LogP contribution in [0.1, 0.15) is 38.5 Å². The molecule has 0 bridgehead atoms. The molecule has 1 saturated carbocycles. The molecule has 0 aromatic heterocycles. The van der Waals surface area contributed by atoms with E-state index in [1.54, 1.807) is 0 Å². The average Bonchev–Trinajstić information content (AvgIpc) is 1.88. The van der Waals surface area contributed by atoms with Gasteiger partial charge in [-0.15, -0.1) is 0 Å². The fraction of sp³-hybridized carbons (Fsp3) is 0.875. The number of hydrogen-bond acceptors (Lipinski definition) is 1. The monoisotopic (exact) mass is 141 g/mol. The van der Waals surface area contributed by atoms with Crippen molar-refractivity contribution < 1.29 is 9.90 Å². The Morgan fingerprint density at radius 2 is 1.80 bits per heavy atom. The highest BCUT2D eigenvalue weighted by Crippen LogP contribution is 2.25. The lowest BCUT2D eigenvalue weighted by Crippen LogP contribution is -2.10. The van der Waals surface area contributed by atoms with E-state index in [0.717, 1.165) is 12.8 Å². The van der Waals surface area contributed by atoms with Crippen molar-refractivity contribution in [1.29, 1.82) is 0 Å². The van der Waals surface area contributed by atoms with Crippen LogP contribution in [-0.2, 0) is 9.90 Å². The highest BCUT2D eigenvalue weighted by molar-refractivity contribution is 5.66. The van der Waals surface area contributed by atoms with Gasteiger partial charge in [0.25, 0.3) is 0 Å². The van der Waals surface area contributed by atoms with Crippen LogP contribution in [0.25, 0.3) is 0 Å². The minimum absolute atomic E-state index is 0.278. The Labute approximate surface area is 61.2 Å². The van der Waals surface area contributed by atoms with E-state index in [1.165, 1.54) is 19.3 Å². The quantitative estimate of drug-likeness (QED) is 0.578. The Morgan fingerprint density at radius 3 is 2.30 bits per heavy atom. The molecule has 0 aromatic rings. The zero-order valence-corrected chi connectivity index (χ0v) is 6.14. The van der Waals surface area contributed by atoms with Gasteiger partial charge in [0.05, 0.1) is 6.42 Å². The molecule has 0 saturated heterocycles. The van der Waals surface area contributed by atoms with Crippen LogP contribution < -0.4 is 0 Å². The molecule has 0 N–H and O–H groups in total. The van der Waals surface area contributed by atoms with Gasteiger partial charge < -0.3 is 0 Å². The van der Waals surface area contributed by atoms with Crippen LogP contribution in [0.15, 0.2) is 0 Å². The lowest BCUT2D eigenvalue weighted by Gasteiger charge is -2.18. The number of carbonyl (C=O) groups excluding carboxylic acids is 1. The molecule has 0 atom stereocenters. The van der Waals surface area contributed by atoms with E-state index in [1.807, 2.05) is 0 Å². The lowest BCUT2D eigenvalue weighted by molar-refractivity contribution is -0.144. The predicted molar refractivity (Wildman–Crippen MR) is 36.9 cm³/mol. The molecule has 0 spiro atoms. The Kier molecular flexibility index (Phi) is 2.72. The van der Waals surface area contributed by atoms with Crippen molar-refractivity contribution in [1.82, 2.24) is 0 Å². The molecular weight excluding hydrogens is 128 g/mol. The first kappa shape index (κ1) is 7.58. The Morgan fingerprint density at radius 1 is 1.20 bits per heavy atom. The Hall–Kier alpha value is -0.530. The van der Waals surface area contributed by atoms with E-state index < -0.39 is 5.97 Å². The van der Waals surface area contributed by atoms with E-state index in [2.05, 4.69) is 0 Å². The van der Waals surface area contributed by atoms with Crippen molar-refractivity contribution in [2.75, 3.05) is 0 Å². The minimum atomic E-state index is -0.882. The van der Waals surface area contributed by atoms with E-state index in [-0.39, 0.29) is 6.42 Å². The first-order valence-electron chi connectivity index (χ1n) is 3.99. The molecule has 1 radical (unpaired) electrons. The van der Waals surface area contributed by atoms with Gasteiger partial charge in [0.1, 0.15) is 0 Å². The van der Waals surface area contributed by atoms with Crippen LogP contribution in [0.2, 0.25) is 0 Å². The first-order chi connectivity index (χ1) is 4.79. The highest BCUT2D eigenvalue weighted by Gasteiger charge is 2.16. The maximum absolute atomic E-state index is 10.2. The second kappa shape index (κ2) is 3.59. The molecular formula is C8H13O2. The summed E-state index contributed by atoms with van der Waals surface area (Å²) in [5, 5.41) is 10.2. The summed E-state index contributed by atoms with van der Waals surface area (Å²) in [5.74, 6) is -0.467. The molecule has 57 valence electrons. The molecule has 0 aliphatic heterocycles. The second-order valence-electron chi connectivity index (χ2n) is 3.08. The summed E-state index contributed by atoms with van der Waals surface area (Å²) in [6, 6.07) is 0. The molecule has 1 aliphatic carbocycles. The third kappa shape index (κ3) is 2.38. The molecule has 0 unspecified atom stereocenters. The summed E-state index contributed by atoms with van der Waals surface area (Å²) in [7, 11) is 0. The number of hydrogen-bond donors (Lipinski definition) is 0. The molecule has 0 amide bonds. The molecule has 1 aliphatic rings. The van der Waals surface area contributed by atoms with Crippen LogP contribution in [-0.4, -0.2) is 5.97 Å².